The van der Waals surface area contributed by atoms with E-state index in [0.717, 1.165) is 17.5 Å². The number of aromatic amines is 1. The topological polar surface area (TPSA) is 66.7 Å². The molecule has 0 saturated carbocycles. The minimum atomic E-state index is -0.660. The highest BCUT2D eigenvalue weighted by Crippen LogP contribution is 2.16. The number of halogens is 1. The lowest BCUT2D eigenvalue weighted by molar-refractivity contribution is 0.158. The van der Waals surface area contributed by atoms with E-state index >= 15 is 0 Å². The molecule has 0 aliphatic carbocycles. The van der Waals surface area contributed by atoms with Gasteiger partial charge in [-0.2, -0.15) is 5.10 Å². The maximum atomic E-state index is 12.9. The van der Waals surface area contributed by atoms with Gasteiger partial charge in [0.25, 0.3) is 0 Å². The van der Waals surface area contributed by atoms with Gasteiger partial charge in [0.15, 0.2) is 5.82 Å². The molecule has 0 saturated heterocycles. The molecule has 6 heteroatoms. The van der Waals surface area contributed by atoms with Gasteiger partial charge < -0.3 is 9.67 Å². The first-order valence-corrected chi connectivity index (χ1v) is 7.13. The Labute approximate surface area is 127 Å². The molecule has 0 aliphatic rings. The summed E-state index contributed by atoms with van der Waals surface area (Å²) in [5.74, 6) is 0.198. The van der Waals surface area contributed by atoms with Crippen LogP contribution >= 0.6 is 0 Å². The van der Waals surface area contributed by atoms with Crippen molar-refractivity contribution < 1.29 is 9.50 Å². The van der Waals surface area contributed by atoms with Crippen molar-refractivity contribution in [2.75, 3.05) is 0 Å². The molecule has 5 nitrogen and oxygen atoms in total. The van der Waals surface area contributed by atoms with Gasteiger partial charge in [-0.3, -0.25) is 5.10 Å². The van der Waals surface area contributed by atoms with Crippen LogP contribution in [-0.4, -0.2) is 24.9 Å². The molecule has 0 radical (unpaired) electrons. The van der Waals surface area contributed by atoms with Gasteiger partial charge in [-0.05, 0) is 42.2 Å². The van der Waals surface area contributed by atoms with Crippen LogP contribution in [0.25, 0.3) is 0 Å². The fourth-order valence-electron chi connectivity index (χ4n) is 2.35. The first kappa shape index (κ1) is 14.5. The smallest absolute Gasteiger partial charge is 0.178 e. The molecule has 2 N–H and O–H groups in total. The van der Waals surface area contributed by atoms with Crippen LogP contribution in [0.4, 0.5) is 4.39 Å². The van der Waals surface area contributed by atoms with E-state index in [0.29, 0.717) is 18.8 Å². The Balaban J connectivity index is 1.56. The van der Waals surface area contributed by atoms with Crippen LogP contribution in [0, 0.1) is 5.82 Å². The van der Waals surface area contributed by atoms with Crippen molar-refractivity contribution >= 4 is 0 Å². The highest BCUT2D eigenvalue weighted by atomic mass is 19.1. The molecule has 2 heterocycles. The summed E-state index contributed by atoms with van der Waals surface area (Å²) in [6.45, 7) is 0.698. The molecule has 1 aromatic carbocycles. The van der Waals surface area contributed by atoms with E-state index < -0.39 is 6.10 Å². The zero-order valence-corrected chi connectivity index (χ0v) is 12.0. The van der Waals surface area contributed by atoms with Gasteiger partial charge in [-0.25, -0.2) is 9.37 Å². The summed E-state index contributed by atoms with van der Waals surface area (Å²) in [4.78, 5) is 3.94. The molecule has 0 amide bonds. The number of benzene rings is 1. The standard InChI is InChI=1S/C16H17FN4O/c17-14-4-1-12(2-5-14)9-21-8-7-13(10-21)3-6-15(22)16-18-11-19-20-16/h1-2,4-5,7-8,10-11,15,22H,3,6,9H2,(H,18,19,20). The Kier molecular flexibility index (Phi) is 4.29. The van der Waals surface area contributed by atoms with Crippen molar-refractivity contribution in [1.82, 2.24) is 19.7 Å². The molecule has 22 heavy (non-hydrogen) atoms. The molecule has 0 bridgehead atoms. The molecule has 1 atom stereocenters. The van der Waals surface area contributed by atoms with Crippen LogP contribution in [-0.2, 0) is 13.0 Å². The average molecular weight is 300 g/mol. The fourth-order valence-corrected chi connectivity index (χ4v) is 2.35. The molecular formula is C16H17FN4O. The Hall–Kier alpha value is -2.47. The van der Waals surface area contributed by atoms with Crippen LogP contribution in [0.3, 0.4) is 0 Å². The summed E-state index contributed by atoms with van der Waals surface area (Å²) in [6.07, 6.45) is 6.13. The van der Waals surface area contributed by atoms with E-state index in [9.17, 15) is 9.50 Å². The van der Waals surface area contributed by atoms with Crippen molar-refractivity contribution in [3.63, 3.8) is 0 Å². The SMILES string of the molecule is OC(CCc1ccn(Cc2ccc(F)cc2)c1)c1nc[nH]n1. The molecule has 0 spiro atoms. The van der Waals surface area contributed by atoms with Gasteiger partial charge in [0, 0.05) is 18.9 Å². The van der Waals surface area contributed by atoms with Crippen LogP contribution in [0.5, 0.6) is 0 Å². The number of hydrogen-bond donors (Lipinski definition) is 2. The Morgan fingerprint density at radius 3 is 2.73 bits per heavy atom. The first-order valence-electron chi connectivity index (χ1n) is 7.13. The third-order valence-electron chi connectivity index (χ3n) is 3.53. The molecule has 0 fully saturated rings. The Bertz CT molecular complexity index is 706. The lowest BCUT2D eigenvalue weighted by Gasteiger charge is -2.05. The predicted octanol–water partition coefficient (Wildman–Crippen LogP) is 2.46. The minimum absolute atomic E-state index is 0.224. The van der Waals surface area contributed by atoms with Gasteiger partial charge in [-0.15, -0.1) is 0 Å². The van der Waals surface area contributed by atoms with E-state index in [1.165, 1.54) is 18.5 Å². The van der Waals surface area contributed by atoms with Gasteiger partial charge in [0.2, 0.25) is 0 Å². The Morgan fingerprint density at radius 1 is 1.18 bits per heavy atom. The summed E-state index contributed by atoms with van der Waals surface area (Å²) in [5.41, 5.74) is 2.18. The number of H-pyrrole nitrogens is 1. The highest BCUT2D eigenvalue weighted by molar-refractivity contribution is 5.18. The fraction of sp³-hybridized carbons (Fsp3) is 0.250. The van der Waals surface area contributed by atoms with Crippen LogP contribution < -0.4 is 0 Å². The van der Waals surface area contributed by atoms with Crippen molar-refractivity contribution in [2.24, 2.45) is 0 Å². The van der Waals surface area contributed by atoms with Crippen molar-refractivity contribution in [3.8, 4) is 0 Å². The monoisotopic (exact) mass is 300 g/mol. The highest BCUT2D eigenvalue weighted by Gasteiger charge is 2.11. The maximum Gasteiger partial charge on any atom is 0.178 e. The van der Waals surface area contributed by atoms with Crippen molar-refractivity contribution in [3.05, 3.63) is 71.8 Å². The van der Waals surface area contributed by atoms with E-state index in [-0.39, 0.29) is 5.82 Å². The van der Waals surface area contributed by atoms with E-state index in [1.807, 2.05) is 23.0 Å². The van der Waals surface area contributed by atoms with Gasteiger partial charge in [-0.1, -0.05) is 12.1 Å². The first-order chi connectivity index (χ1) is 10.7. The number of aliphatic hydroxyl groups excluding tert-OH is 1. The minimum Gasteiger partial charge on any atom is -0.385 e. The molecule has 3 rings (SSSR count). The summed E-state index contributed by atoms with van der Waals surface area (Å²) in [6, 6.07) is 8.51. The largest absolute Gasteiger partial charge is 0.385 e. The second-order valence-corrected chi connectivity index (χ2v) is 5.23. The lowest BCUT2D eigenvalue weighted by atomic mass is 10.1. The molecule has 2 aromatic heterocycles. The molecule has 3 aromatic rings. The average Bonchev–Trinajstić information content (AvgIpc) is 3.19. The molecular weight excluding hydrogens is 283 g/mol. The van der Waals surface area contributed by atoms with Crippen LogP contribution in [0.15, 0.2) is 49.1 Å². The third kappa shape index (κ3) is 3.59. The molecule has 0 aliphatic heterocycles. The normalized spacial score (nSPS) is 12.5. The van der Waals surface area contributed by atoms with E-state index in [1.54, 1.807) is 12.1 Å². The zero-order chi connectivity index (χ0) is 15.4. The summed E-state index contributed by atoms with van der Waals surface area (Å²) in [7, 11) is 0. The van der Waals surface area contributed by atoms with Gasteiger partial charge in [0.1, 0.15) is 18.2 Å². The van der Waals surface area contributed by atoms with Gasteiger partial charge >= 0.3 is 0 Å². The number of nitrogens with zero attached hydrogens (tertiary/aromatic N) is 3. The number of aromatic nitrogens is 4. The maximum absolute atomic E-state index is 12.9. The van der Waals surface area contributed by atoms with E-state index in [2.05, 4.69) is 15.2 Å². The second kappa shape index (κ2) is 6.53. The quantitative estimate of drug-likeness (QED) is 0.735. The summed E-state index contributed by atoms with van der Waals surface area (Å²) in [5, 5.41) is 16.4. The number of rotatable bonds is 6. The summed E-state index contributed by atoms with van der Waals surface area (Å²) >= 11 is 0. The van der Waals surface area contributed by atoms with Gasteiger partial charge in [0.05, 0.1) is 0 Å². The number of nitrogens with one attached hydrogen (secondary N) is 1. The van der Waals surface area contributed by atoms with Crippen LogP contribution in [0.1, 0.15) is 29.5 Å². The van der Waals surface area contributed by atoms with Crippen LogP contribution in [0.2, 0.25) is 0 Å². The third-order valence-corrected chi connectivity index (χ3v) is 3.53. The van der Waals surface area contributed by atoms with Crippen molar-refractivity contribution in [1.29, 1.82) is 0 Å². The number of hydrogen-bond acceptors (Lipinski definition) is 3. The van der Waals surface area contributed by atoms with E-state index in [4.69, 9.17) is 0 Å². The lowest BCUT2D eigenvalue weighted by Crippen LogP contribution is -2.02. The number of aliphatic hydroxyl groups is 1. The zero-order valence-electron chi connectivity index (χ0n) is 12.0. The molecule has 114 valence electrons. The second-order valence-electron chi connectivity index (χ2n) is 5.23. The predicted molar refractivity (Wildman–Crippen MR) is 79.6 cm³/mol. The summed E-state index contributed by atoms with van der Waals surface area (Å²) < 4.78 is 14.9. The number of aryl methyl sites for hydroxylation is 1. The van der Waals surface area contributed by atoms with Crippen molar-refractivity contribution in [2.45, 2.75) is 25.5 Å². The molecule has 1 unspecified atom stereocenters. The Morgan fingerprint density at radius 2 is 2.00 bits per heavy atom.